The summed E-state index contributed by atoms with van der Waals surface area (Å²) in [4.78, 5) is 27.0. The molecule has 2 heterocycles. The minimum Gasteiger partial charge on any atom is -0.417 e. The number of benzene rings is 2. The summed E-state index contributed by atoms with van der Waals surface area (Å²) in [6, 6.07) is 11.3. The topological polar surface area (TPSA) is 88.3 Å². The molecule has 1 aliphatic rings. The number of fused-ring (bicyclic) bond motifs is 1. The molecule has 0 saturated heterocycles. The molecule has 7 nitrogen and oxygen atoms in total. The van der Waals surface area contributed by atoms with Crippen molar-refractivity contribution in [1.82, 2.24) is 10.2 Å². The summed E-state index contributed by atoms with van der Waals surface area (Å²) in [6.45, 7) is 4.01. The molecule has 0 radical (unpaired) electrons. The highest BCUT2D eigenvalue weighted by Gasteiger charge is 2.28. The van der Waals surface area contributed by atoms with Gasteiger partial charge in [0.1, 0.15) is 5.82 Å². The molecule has 4 rings (SSSR count). The van der Waals surface area contributed by atoms with Gasteiger partial charge in [0.25, 0.3) is 0 Å². The lowest BCUT2D eigenvalue weighted by molar-refractivity contribution is -0.117. The number of hydrogen-bond acceptors (Lipinski definition) is 5. The normalized spacial score (nSPS) is 14.2. The molecule has 2 aromatic carbocycles. The zero-order valence-corrected chi connectivity index (χ0v) is 16.7. The van der Waals surface area contributed by atoms with Gasteiger partial charge in [0.05, 0.1) is 5.92 Å². The predicted molar refractivity (Wildman–Crippen MR) is 109 cm³/mol. The predicted octanol–water partition coefficient (Wildman–Crippen LogP) is 3.85. The molecule has 1 aliphatic heterocycles. The molecular formula is C22H21FN4O3. The first-order valence-corrected chi connectivity index (χ1v) is 9.73. The number of aromatic nitrogens is 2. The van der Waals surface area contributed by atoms with Crippen molar-refractivity contribution in [3.05, 3.63) is 71.2 Å². The average Bonchev–Trinajstić information content (AvgIpc) is 3.19. The lowest BCUT2D eigenvalue weighted by Gasteiger charge is -2.29. The number of carbonyl (C=O) groups excluding carboxylic acids is 2. The van der Waals surface area contributed by atoms with Gasteiger partial charge in [0, 0.05) is 24.8 Å². The molecule has 0 fully saturated rings. The number of halogens is 1. The van der Waals surface area contributed by atoms with Crippen molar-refractivity contribution in [2.24, 2.45) is 0 Å². The number of hydrogen-bond donors (Lipinski definition) is 1. The van der Waals surface area contributed by atoms with Gasteiger partial charge in [-0.25, -0.2) is 4.39 Å². The smallest absolute Gasteiger partial charge is 0.315 e. The first-order chi connectivity index (χ1) is 14.4. The fourth-order valence-corrected chi connectivity index (χ4v) is 3.53. The van der Waals surface area contributed by atoms with Crippen LogP contribution in [0.1, 0.15) is 47.0 Å². The van der Waals surface area contributed by atoms with Crippen molar-refractivity contribution in [3.63, 3.8) is 0 Å². The van der Waals surface area contributed by atoms with Crippen LogP contribution in [0.15, 0.2) is 46.9 Å². The molecule has 1 unspecified atom stereocenters. The highest BCUT2D eigenvalue weighted by atomic mass is 19.1. The fourth-order valence-electron chi connectivity index (χ4n) is 3.53. The van der Waals surface area contributed by atoms with Gasteiger partial charge >= 0.3 is 11.8 Å². The van der Waals surface area contributed by atoms with E-state index in [0.717, 1.165) is 29.7 Å². The summed E-state index contributed by atoms with van der Waals surface area (Å²) >= 11 is 0. The van der Waals surface area contributed by atoms with Crippen LogP contribution in [0, 0.1) is 12.7 Å². The van der Waals surface area contributed by atoms with Crippen LogP contribution in [0.3, 0.4) is 0 Å². The van der Waals surface area contributed by atoms with E-state index in [2.05, 4.69) is 15.5 Å². The summed E-state index contributed by atoms with van der Waals surface area (Å²) in [7, 11) is 0. The zero-order valence-electron chi connectivity index (χ0n) is 16.7. The van der Waals surface area contributed by atoms with Gasteiger partial charge in [-0.05, 0) is 61.2 Å². The Labute approximate surface area is 172 Å². The molecule has 0 spiro atoms. The first kappa shape index (κ1) is 19.8. The maximum atomic E-state index is 13.1. The second-order valence-corrected chi connectivity index (χ2v) is 7.29. The summed E-state index contributed by atoms with van der Waals surface area (Å²) in [5, 5.41) is 10.3. The Morgan fingerprint density at radius 3 is 2.63 bits per heavy atom. The summed E-state index contributed by atoms with van der Waals surface area (Å²) in [6.07, 6.45) is 1.60. The second kappa shape index (κ2) is 8.06. The Morgan fingerprint density at radius 2 is 1.93 bits per heavy atom. The van der Waals surface area contributed by atoms with Crippen LogP contribution in [0.25, 0.3) is 0 Å². The lowest BCUT2D eigenvalue weighted by atomic mass is 9.93. The van der Waals surface area contributed by atoms with Crippen LogP contribution >= 0.6 is 0 Å². The number of nitrogens with one attached hydrogen (secondary N) is 1. The Morgan fingerprint density at radius 1 is 1.17 bits per heavy atom. The monoisotopic (exact) mass is 408 g/mol. The molecule has 1 N–H and O–H groups in total. The van der Waals surface area contributed by atoms with E-state index in [-0.39, 0.29) is 23.5 Å². The van der Waals surface area contributed by atoms with Gasteiger partial charge in [-0.15, -0.1) is 10.2 Å². The van der Waals surface area contributed by atoms with E-state index in [9.17, 15) is 14.0 Å². The van der Waals surface area contributed by atoms with Crippen molar-refractivity contribution in [2.75, 3.05) is 16.8 Å². The molecule has 2 amide bonds. The van der Waals surface area contributed by atoms with E-state index >= 15 is 0 Å². The highest BCUT2D eigenvalue weighted by Crippen LogP contribution is 2.31. The van der Waals surface area contributed by atoms with Crippen molar-refractivity contribution < 1.29 is 18.4 Å². The maximum Gasteiger partial charge on any atom is 0.315 e. The Hall–Kier alpha value is -3.55. The average molecular weight is 408 g/mol. The van der Waals surface area contributed by atoms with Crippen molar-refractivity contribution in [3.8, 4) is 0 Å². The molecule has 0 saturated carbocycles. The van der Waals surface area contributed by atoms with Crippen LogP contribution in [0.4, 0.5) is 15.8 Å². The summed E-state index contributed by atoms with van der Waals surface area (Å²) < 4.78 is 18.3. The van der Waals surface area contributed by atoms with Crippen LogP contribution in [0.5, 0.6) is 0 Å². The van der Waals surface area contributed by atoms with Crippen molar-refractivity contribution in [2.45, 2.75) is 32.6 Å². The number of carbonyl (C=O) groups is 2. The molecule has 1 aromatic heterocycles. The van der Waals surface area contributed by atoms with Gasteiger partial charge in [-0.2, -0.15) is 0 Å². The summed E-state index contributed by atoms with van der Waals surface area (Å²) in [5.74, 6) is -0.975. The van der Waals surface area contributed by atoms with E-state index in [1.54, 1.807) is 11.8 Å². The van der Waals surface area contributed by atoms with E-state index in [1.807, 2.05) is 25.1 Å². The van der Waals surface area contributed by atoms with Gasteiger partial charge in [-0.3, -0.25) is 9.59 Å². The number of rotatable bonds is 4. The van der Waals surface area contributed by atoms with Crippen molar-refractivity contribution >= 4 is 23.2 Å². The molecule has 8 heteroatoms. The van der Waals surface area contributed by atoms with Crippen molar-refractivity contribution in [1.29, 1.82) is 0 Å². The highest BCUT2D eigenvalue weighted by molar-refractivity contribution is 6.03. The number of nitrogens with zero attached hydrogens (tertiary/aromatic N) is 3. The lowest BCUT2D eigenvalue weighted by Crippen LogP contribution is -2.35. The molecule has 30 heavy (non-hydrogen) atoms. The number of anilines is 2. The number of aryl methyl sites for hydroxylation is 2. The van der Waals surface area contributed by atoms with Gasteiger partial charge in [0.2, 0.25) is 11.8 Å². The maximum absolute atomic E-state index is 13.1. The third-order valence-electron chi connectivity index (χ3n) is 5.18. The van der Waals surface area contributed by atoms with Gasteiger partial charge in [0.15, 0.2) is 0 Å². The van der Waals surface area contributed by atoms with E-state index < -0.39 is 5.92 Å². The van der Waals surface area contributed by atoms with Crippen LogP contribution in [0.2, 0.25) is 0 Å². The second-order valence-electron chi connectivity index (χ2n) is 7.29. The summed E-state index contributed by atoms with van der Waals surface area (Å²) in [5.41, 5.74) is 3.16. The minimum atomic E-state index is -0.412. The zero-order chi connectivity index (χ0) is 21.3. The Bertz CT molecular complexity index is 1090. The largest absolute Gasteiger partial charge is 0.417 e. The quantitative estimate of drug-likeness (QED) is 0.708. The van der Waals surface area contributed by atoms with Gasteiger partial charge in [-0.1, -0.05) is 12.1 Å². The molecule has 0 aliphatic carbocycles. The van der Waals surface area contributed by atoms with Crippen LogP contribution < -0.4 is 10.2 Å². The van der Waals surface area contributed by atoms with Crippen LogP contribution in [-0.2, 0) is 11.2 Å². The third-order valence-corrected chi connectivity index (χ3v) is 5.18. The van der Waals surface area contributed by atoms with Crippen LogP contribution in [-0.4, -0.2) is 28.6 Å². The Balaban J connectivity index is 1.53. The molecule has 154 valence electrons. The van der Waals surface area contributed by atoms with E-state index in [0.29, 0.717) is 18.1 Å². The molecular weight excluding hydrogens is 387 g/mol. The van der Waals surface area contributed by atoms with E-state index in [4.69, 9.17) is 4.42 Å². The SMILES string of the molecule is Cc1nnc(C(=O)N2CCCc3cc(C(C)C(=O)Nc4ccc(F)cc4)ccc32)o1. The third kappa shape index (κ3) is 3.94. The first-order valence-electron chi connectivity index (χ1n) is 9.73. The standard InChI is InChI=1S/C22H21FN4O3/c1-13(20(28)24-18-8-6-17(23)7-9-18)15-5-10-19-16(12-15)4-3-11-27(19)22(29)21-26-25-14(2)30-21/h5-10,12-13H,3-4,11H2,1-2H3,(H,24,28). The molecule has 1 atom stereocenters. The fraction of sp³-hybridized carbons (Fsp3) is 0.273. The van der Waals surface area contributed by atoms with E-state index in [1.165, 1.54) is 24.3 Å². The molecule has 3 aromatic rings. The van der Waals surface area contributed by atoms with Gasteiger partial charge < -0.3 is 14.6 Å². The Kier molecular flexibility index (Phi) is 5.31. The molecule has 0 bridgehead atoms. The number of amides is 2. The minimum absolute atomic E-state index is 0.0310.